The minimum Gasteiger partial charge on any atom is -0.321 e. The standard InChI is InChI=1S/C21H14F2N2O3/c22-15-8-3-9-16(23)19(15)24-17(26)10-11-25-20(27)13-6-1-4-12-5-2-7-14(18(12)13)21(25)28/h1-9H,10-11H2,(H,24,26). The Hall–Kier alpha value is -3.61. The average Bonchev–Trinajstić information content (AvgIpc) is 2.69. The van der Waals surface area contributed by atoms with E-state index in [1.165, 1.54) is 6.07 Å². The van der Waals surface area contributed by atoms with Crippen molar-refractivity contribution < 1.29 is 23.2 Å². The highest BCUT2D eigenvalue weighted by Gasteiger charge is 2.32. The van der Waals surface area contributed by atoms with E-state index in [0.29, 0.717) is 16.5 Å². The zero-order chi connectivity index (χ0) is 19.8. The first-order valence-electron chi connectivity index (χ1n) is 8.59. The third kappa shape index (κ3) is 2.90. The summed E-state index contributed by atoms with van der Waals surface area (Å²) in [4.78, 5) is 38.6. The molecule has 3 amide bonds. The second-order valence-corrected chi connectivity index (χ2v) is 6.37. The van der Waals surface area contributed by atoms with Crippen LogP contribution in [0.1, 0.15) is 27.1 Å². The summed E-state index contributed by atoms with van der Waals surface area (Å²) in [6, 6.07) is 13.6. The van der Waals surface area contributed by atoms with Crippen molar-refractivity contribution in [3.8, 4) is 0 Å². The normalized spacial score (nSPS) is 13.1. The molecule has 0 aliphatic carbocycles. The Bertz CT molecular complexity index is 1070. The van der Waals surface area contributed by atoms with Gasteiger partial charge in [-0.25, -0.2) is 8.78 Å². The number of hydrogen-bond donors (Lipinski definition) is 1. The van der Waals surface area contributed by atoms with Crippen LogP contribution in [-0.2, 0) is 4.79 Å². The fourth-order valence-electron chi connectivity index (χ4n) is 3.32. The molecule has 0 atom stereocenters. The zero-order valence-electron chi connectivity index (χ0n) is 14.5. The van der Waals surface area contributed by atoms with Gasteiger partial charge in [-0.1, -0.05) is 30.3 Å². The van der Waals surface area contributed by atoms with Gasteiger partial charge in [0.2, 0.25) is 5.91 Å². The van der Waals surface area contributed by atoms with Crippen LogP contribution in [0.2, 0.25) is 0 Å². The van der Waals surface area contributed by atoms with Gasteiger partial charge in [0.05, 0.1) is 0 Å². The lowest BCUT2D eigenvalue weighted by molar-refractivity contribution is -0.116. The lowest BCUT2D eigenvalue weighted by atomic mass is 9.94. The number of para-hydroxylation sites is 1. The number of imide groups is 1. The smallest absolute Gasteiger partial charge is 0.261 e. The number of hydrogen-bond acceptors (Lipinski definition) is 3. The van der Waals surface area contributed by atoms with E-state index in [0.717, 1.165) is 22.4 Å². The number of rotatable bonds is 4. The Morgan fingerprint density at radius 2 is 1.39 bits per heavy atom. The summed E-state index contributed by atoms with van der Waals surface area (Å²) in [5.74, 6) is -3.52. The van der Waals surface area contributed by atoms with Crippen molar-refractivity contribution in [2.45, 2.75) is 6.42 Å². The average molecular weight is 380 g/mol. The lowest BCUT2D eigenvalue weighted by Gasteiger charge is -2.27. The highest BCUT2D eigenvalue weighted by Crippen LogP contribution is 2.30. The third-order valence-corrected chi connectivity index (χ3v) is 4.65. The number of nitrogens with zero attached hydrogens (tertiary/aromatic N) is 1. The maximum atomic E-state index is 13.6. The Labute approximate surface area is 158 Å². The number of carbonyl (C=O) groups is 3. The first kappa shape index (κ1) is 17.8. The highest BCUT2D eigenvalue weighted by molar-refractivity contribution is 6.25. The van der Waals surface area contributed by atoms with Crippen molar-refractivity contribution in [1.29, 1.82) is 0 Å². The predicted molar refractivity (Wildman–Crippen MR) is 98.9 cm³/mol. The molecular formula is C21H14F2N2O3. The summed E-state index contributed by atoms with van der Waals surface area (Å²) in [5.41, 5.74) is 0.209. The number of nitrogens with one attached hydrogen (secondary N) is 1. The first-order chi connectivity index (χ1) is 13.5. The molecule has 0 aromatic heterocycles. The fraction of sp³-hybridized carbons (Fsp3) is 0.0952. The van der Waals surface area contributed by atoms with Crippen molar-refractivity contribution in [3.05, 3.63) is 77.4 Å². The zero-order valence-corrected chi connectivity index (χ0v) is 14.5. The van der Waals surface area contributed by atoms with E-state index in [-0.39, 0.29) is 13.0 Å². The molecule has 5 nitrogen and oxygen atoms in total. The van der Waals surface area contributed by atoms with Crippen molar-refractivity contribution in [1.82, 2.24) is 4.90 Å². The van der Waals surface area contributed by atoms with Crippen LogP contribution < -0.4 is 5.32 Å². The van der Waals surface area contributed by atoms with Crippen LogP contribution in [-0.4, -0.2) is 29.2 Å². The van der Waals surface area contributed by atoms with E-state index >= 15 is 0 Å². The summed E-state index contributed by atoms with van der Waals surface area (Å²) in [6.45, 7) is -0.204. The minimum atomic E-state index is -0.904. The maximum absolute atomic E-state index is 13.6. The van der Waals surface area contributed by atoms with Gasteiger partial charge in [-0.15, -0.1) is 0 Å². The monoisotopic (exact) mass is 380 g/mol. The number of benzene rings is 3. The van der Waals surface area contributed by atoms with Gasteiger partial charge >= 0.3 is 0 Å². The van der Waals surface area contributed by atoms with E-state index in [2.05, 4.69) is 5.32 Å². The minimum absolute atomic E-state index is 0.204. The van der Waals surface area contributed by atoms with E-state index in [1.54, 1.807) is 24.3 Å². The summed E-state index contributed by atoms with van der Waals surface area (Å²) < 4.78 is 27.3. The van der Waals surface area contributed by atoms with Crippen molar-refractivity contribution >= 4 is 34.2 Å². The molecule has 28 heavy (non-hydrogen) atoms. The molecule has 0 radical (unpaired) electrons. The van der Waals surface area contributed by atoms with E-state index in [4.69, 9.17) is 0 Å². The number of amides is 3. The molecule has 4 rings (SSSR count). The molecular weight excluding hydrogens is 366 g/mol. The van der Waals surface area contributed by atoms with Gasteiger partial charge in [-0.05, 0) is 29.7 Å². The SMILES string of the molecule is O=C(CCN1C(=O)c2cccc3cccc(c23)C1=O)Nc1c(F)cccc1F. The van der Waals surface area contributed by atoms with Crippen molar-refractivity contribution in [2.75, 3.05) is 11.9 Å². The molecule has 7 heteroatoms. The van der Waals surface area contributed by atoms with Crippen LogP contribution in [0.5, 0.6) is 0 Å². The van der Waals surface area contributed by atoms with Crippen LogP contribution in [0.25, 0.3) is 10.8 Å². The van der Waals surface area contributed by atoms with E-state index in [1.807, 2.05) is 12.1 Å². The van der Waals surface area contributed by atoms with Crippen LogP contribution in [0.15, 0.2) is 54.6 Å². The lowest BCUT2D eigenvalue weighted by Crippen LogP contribution is -2.41. The van der Waals surface area contributed by atoms with Crippen LogP contribution in [0.4, 0.5) is 14.5 Å². The van der Waals surface area contributed by atoms with Gasteiger partial charge in [0.1, 0.15) is 17.3 Å². The molecule has 1 N–H and O–H groups in total. The summed E-state index contributed by atoms with van der Waals surface area (Å²) in [5, 5.41) is 3.52. The molecule has 0 spiro atoms. The highest BCUT2D eigenvalue weighted by atomic mass is 19.1. The number of halogens is 2. The van der Waals surface area contributed by atoms with Gasteiger partial charge in [0, 0.05) is 29.5 Å². The maximum Gasteiger partial charge on any atom is 0.261 e. The first-order valence-corrected chi connectivity index (χ1v) is 8.59. The Morgan fingerprint density at radius 3 is 1.96 bits per heavy atom. The fourth-order valence-corrected chi connectivity index (χ4v) is 3.32. The van der Waals surface area contributed by atoms with Gasteiger partial charge < -0.3 is 5.32 Å². The Balaban J connectivity index is 1.54. The molecule has 1 aliphatic heterocycles. The number of carbonyl (C=O) groups excluding carboxylic acids is 3. The molecule has 0 saturated carbocycles. The van der Waals surface area contributed by atoms with Gasteiger partial charge in [0.15, 0.2) is 0 Å². The van der Waals surface area contributed by atoms with E-state index < -0.39 is 35.0 Å². The second kappa shape index (κ2) is 6.84. The topological polar surface area (TPSA) is 66.5 Å². The van der Waals surface area contributed by atoms with Crippen molar-refractivity contribution in [3.63, 3.8) is 0 Å². The number of anilines is 1. The van der Waals surface area contributed by atoms with Crippen LogP contribution in [0, 0.1) is 11.6 Å². The molecule has 140 valence electrons. The Kier molecular flexibility index (Phi) is 4.35. The van der Waals surface area contributed by atoms with Crippen molar-refractivity contribution in [2.24, 2.45) is 0 Å². The summed E-state index contributed by atoms with van der Waals surface area (Å²) in [7, 11) is 0. The summed E-state index contributed by atoms with van der Waals surface area (Å²) >= 11 is 0. The van der Waals surface area contributed by atoms with Gasteiger partial charge in [-0.2, -0.15) is 0 Å². The molecule has 3 aromatic carbocycles. The molecule has 1 heterocycles. The molecule has 3 aromatic rings. The molecule has 0 unspecified atom stereocenters. The summed E-state index contributed by atoms with van der Waals surface area (Å²) in [6.07, 6.45) is -0.288. The second-order valence-electron chi connectivity index (χ2n) is 6.37. The molecule has 1 aliphatic rings. The predicted octanol–water partition coefficient (Wildman–Crippen LogP) is 3.74. The third-order valence-electron chi connectivity index (χ3n) is 4.65. The largest absolute Gasteiger partial charge is 0.321 e. The van der Waals surface area contributed by atoms with E-state index in [9.17, 15) is 23.2 Å². The van der Waals surface area contributed by atoms with Gasteiger partial charge in [-0.3, -0.25) is 19.3 Å². The van der Waals surface area contributed by atoms with Gasteiger partial charge in [0.25, 0.3) is 11.8 Å². The molecule has 0 fully saturated rings. The quantitative estimate of drug-likeness (QED) is 0.701. The van der Waals surface area contributed by atoms with Crippen LogP contribution in [0.3, 0.4) is 0 Å². The molecule has 0 saturated heterocycles. The van der Waals surface area contributed by atoms with Crippen LogP contribution >= 0.6 is 0 Å². The molecule has 0 bridgehead atoms. The Morgan fingerprint density at radius 1 is 0.857 bits per heavy atom.